The molecule has 2 rings (SSSR count). The second-order valence-corrected chi connectivity index (χ2v) is 12.5. The monoisotopic (exact) mass is 522 g/mol. The molecule has 2 aromatic rings. The number of halogens is 2. The van der Waals surface area contributed by atoms with Gasteiger partial charge in [0.2, 0.25) is 0 Å². The number of aliphatic hydroxyl groups excluding tert-OH is 1. The van der Waals surface area contributed by atoms with E-state index in [0.29, 0.717) is 15.4 Å². The number of hydrogen-bond acceptors (Lipinski definition) is 5. The number of thiophene rings is 1. The molecule has 0 aliphatic rings. The van der Waals surface area contributed by atoms with Gasteiger partial charge in [-0.2, -0.15) is 4.31 Å². The summed E-state index contributed by atoms with van der Waals surface area (Å²) in [7, 11) is -2.22. The summed E-state index contributed by atoms with van der Waals surface area (Å²) in [6.45, 7) is 4.50. The van der Waals surface area contributed by atoms with Crippen molar-refractivity contribution in [1.82, 2.24) is 9.62 Å². The lowest BCUT2D eigenvalue weighted by Gasteiger charge is -2.29. The molecule has 0 aliphatic heterocycles. The van der Waals surface area contributed by atoms with Gasteiger partial charge in [0, 0.05) is 30.1 Å². The van der Waals surface area contributed by atoms with Crippen molar-refractivity contribution < 1.29 is 13.5 Å². The number of aryl methyl sites for hydroxylation is 1. The number of hydrogen-bond donors (Lipinski definition) is 2. The summed E-state index contributed by atoms with van der Waals surface area (Å²) in [4.78, 5) is 0. The molecule has 2 N–H and O–H groups in total. The molecule has 1 aromatic carbocycles. The first kappa shape index (κ1) is 24.8. The van der Waals surface area contributed by atoms with E-state index in [-0.39, 0.29) is 16.3 Å². The van der Waals surface area contributed by atoms with Crippen molar-refractivity contribution in [2.24, 2.45) is 0 Å². The first-order valence-electron chi connectivity index (χ1n) is 9.39. The highest BCUT2D eigenvalue weighted by atomic mass is 79.9. The Kier molecular flexibility index (Phi) is 9.15. The Balaban J connectivity index is 1.80. The summed E-state index contributed by atoms with van der Waals surface area (Å²) in [6.07, 6.45) is 2.17. The standard InChI is InChI=1S/C20H28BrClN2O3S2/c1-20(2,11-7-10-15-8-5-4-6-9-15)23-13-16(25)14-24(3)29(26,27)18-12-17(21)19(22)28-18/h4-6,8-9,12,16,23,25H,7,10-11,13-14H2,1-3H3/t16-/m1/s1. The third-order valence-electron chi connectivity index (χ3n) is 4.68. The third kappa shape index (κ3) is 7.61. The van der Waals surface area contributed by atoms with Gasteiger partial charge in [0.1, 0.15) is 8.55 Å². The summed E-state index contributed by atoms with van der Waals surface area (Å²) < 4.78 is 27.5. The van der Waals surface area contributed by atoms with Crippen LogP contribution in [0.2, 0.25) is 4.34 Å². The molecule has 0 radical (unpaired) electrons. The van der Waals surface area contributed by atoms with Crippen LogP contribution in [0.5, 0.6) is 0 Å². The van der Waals surface area contributed by atoms with E-state index >= 15 is 0 Å². The Morgan fingerprint density at radius 2 is 1.97 bits per heavy atom. The van der Waals surface area contributed by atoms with Crippen LogP contribution in [0.3, 0.4) is 0 Å². The van der Waals surface area contributed by atoms with Crippen molar-refractivity contribution in [2.75, 3.05) is 20.1 Å². The number of benzene rings is 1. The normalized spacial score (nSPS) is 13.8. The van der Waals surface area contributed by atoms with Crippen LogP contribution < -0.4 is 5.32 Å². The van der Waals surface area contributed by atoms with E-state index in [2.05, 4.69) is 47.2 Å². The number of likely N-dealkylation sites (N-methyl/N-ethyl adjacent to an activating group) is 1. The second kappa shape index (κ2) is 10.7. The molecule has 0 amide bonds. The molecule has 1 atom stereocenters. The van der Waals surface area contributed by atoms with Gasteiger partial charge >= 0.3 is 0 Å². The minimum absolute atomic E-state index is 0.00255. The van der Waals surface area contributed by atoms with E-state index in [1.54, 1.807) is 0 Å². The molecule has 9 heteroatoms. The lowest BCUT2D eigenvalue weighted by Crippen LogP contribution is -2.46. The second-order valence-electron chi connectivity index (χ2n) is 7.73. The largest absolute Gasteiger partial charge is 0.390 e. The van der Waals surface area contributed by atoms with Gasteiger partial charge in [0.25, 0.3) is 10.0 Å². The van der Waals surface area contributed by atoms with Gasteiger partial charge in [-0.3, -0.25) is 0 Å². The topological polar surface area (TPSA) is 69.6 Å². The van der Waals surface area contributed by atoms with Crippen LogP contribution in [0.1, 0.15) is 32.3 Å². The van der Waals surface area contributed by atoms with Gasteiger partial charge in [-0.15, -0.1) is 11.3 Å². The molecule has 0 saturated heterocycles. The lowest BCUT2D eigenvalue weighted by molar-refractivity contribution is 0.138. The average Bonchev–Trinajstić information content (AvgIpc) is 3.00. The SMILES string of the molecule is CN(C[C@H](O)CNC(C)(C)CCCc1ccccc1)S(=O)(=O)c1cc(Br)c(Cl)s1. The fourth-order valence-electron chi connectivity index (χ4n) is 2.93. The van der Waals surface area contributed by atoms with Crippen molar-refractivity contribution in [2.45, 2.75) is 49.0 Å². The van der Waals surface area contributed by atoms with Crippen molar-refractivity contribution >= 4 is 48.9 Å². The number of β-amino-alcohol motifs (C(OH)–C–C–N with tert-alkyl or cyclic N) is 1. The van der Waals surface area contributed by atoms with Gasteiger partial charge < -0.3 is 10.4 Å². The highest BCUT2D eigenvalue weighted by molar-refractivity contribution is 9.10. The number of rotatable bonds is 11. The maximum atomic E-state index is 12.6. The summed E-state index contributed by atoms with van der Waals surface area (Å²) >= 11 is 10.2. The highest BCUT2D eigenvalue weighted by Crippen LogP contribution is 2.35. The molecule has 0 saturated carbocycles. The van der Waals surface area contributed by atoms with Crippen LogP contribution in [0, 0.1) is 0 Å². The van der Waals surface area contributed by atoms with Gasteiger partial charge in [0.05, 0.1) is 6.10 Å². The van der Waals surface area contributed by atoms with E-state index in [9.17, 15) is 13.5 Å². The Morgan fingerprint density at radius 3 is 2.55 bits per heavy atom. The lowest BCUT2D eigenvalue weighted by atomic mass is 9.95. The zero-order valence-corrected chi connectivity index (χ0v) is 20.8. The quantitative estimate of drug-likeness (QED) is 0.454. The van der Waals surface area contributed by atoms with Gasteiger partial charge in [-0.05, 0) is 60.7 Å². The molecular formula is C20H28BrClN2O3S2. The summed E-state index contributed by atoms with van der Waals surface area (Å²) in [5, 5.41) is 13.7. The van der Waals surface area contributed by atoms with Crippen LogP contribution in [0.15, 0.2) is 45.1 Å². The maximum Gasteiger partial charge on any atom is 0.252 e. The Morgan fingerprint density at radius 1 is 1.31 bits per heavy atom. The summed E-state index contributed by atoms with van der Waals surface area (Å²) in [5.74, 6) is 0. The molecule has 5 nitrogen and oxygen atoms in total. The van der Waals surface area contributed by atoms with Crippen molar-refractivity contribution in [3.05, 3.63) is 50.8 Å². The van der Waals surface area contributed by atoms with Crippen molar-refractivity contribution in [3.63, 3.8) is 0 Å². The predicted octanol–water partition coefficient (Wildman–Crippen LogP) is 4.54. The molecule has 0 spiro atoms. The molecule has 0 aliphatic carbocycles. The fourth-order valence-corrected chi connectivity index (χ4v) is 6.65. The van der Waals surface area contributed by atoms with Gasteiger partial charge in [-0.25, -0.2) is 8.42 Å². The van der Waals surface area contributed by atoms with Crippen LogP contribution in [0.25, 0.3) is 0 Å². The number of nitrogens with one attached hydrogen (secondary N) is 1. The number of sulfonamides is 1. The molecule has 0 unspecified atom stereocenters. The van der Waals surface area contributed by atoms with Crippen LogP contribution in [0.4, 0.5) is 0 Å². The first-order valence-corrected chi connectivity index (χ1v) is 12.8. The molecule has 0 bridgehead atoms. The maximum absolute atomic E-state index is 12.6. The van der Waals surface area contributed by atoms with Crippen LogP contribution >= 0.6 is 38.9 Å². The summed E-state index contributed by atoms with van der Waals surface area (Å²) in [6, 6.07) is 11.8. The number of aliphatic hydroxyl groups is 1. The summed E-state index contributed by atoms with van der Waals surface area (Å²) in [5.41, 5.74) is 1.16. The Bertz CT molecular complexity index is 869. The molecule has 0 fully saturated rings. The van der Waals surface area contributed by atoms with Crippen molar-refractivity contribution in [3.8, 4) is 0 Å². The molecule has 162 valence electrons. The highest BCUT2D eigenvalue weighted by Gasteiger charge is 2.27. The molecule has 1 aromatic heterocycles. The van der Waals surface area contributed by atoms with E-state index < -0.39 is 16.1 Å². The molecule has 1 heterocycles. The predicted molar refractivity (Wildman–Crippen MR) is 124 cm³/mol. The minimum Gasteiger partial charge on any atom is -0.390 e. The number of nitrogens with zero attached hydrogens (tertiary/aromatic N) is 1. The van der Waals surface area contributed by atoms with Gasteiger partial charge in [-0.1, -0.05) is 41.9 Å². The van der Waals surface area contributed by atoms with Crippen LogP contribution in [-0.4, -0.2) is 49.6 Å². The van der Waals surface area contributed by atoms with Gasteiger partial charge in [0.15, 0.2) is 0 Å². The van der Waals surface area contributed by atoms with E-state index in [1.165, 1.54) is 18.7 Å². The minimum atomic E-state index is -3.68. The van der Waals surface area contributed by atoms with E-state index in [0.717, 1.165) is 34.9 Å². The molecular weight excluding hydrogens is 496 g/mol. The first-order chi connectivity index (χ1) is 13.5. The third-order valence-corrected chi connectivity index (χ3v) is 9.43. The zero-order chi connectivity index (χ0) is 21.7. The van der Waals surface area contributed by atoms with Crippen molar-refractivity contribution in [1.29, 1.82) is 0 Å². The van der Waals surface area contributed by atoms with Crippen LogP contribution in [-0.2, 0) is 16.4 Å². The van der Waals surface area contributed by atoms with E-state index in [4.69, 9.17) is 11.6 Å². The zero-order valence-electron chi connectivity index (χ0n) is 16.9. The van der Waals surface area contributed by atoms with E-state index in [1.807, 2.05) is 18.2 Å². The fraction of sp³-hybridized carbons (Fsp3) is 0.500. The molecule has 29 heavy (non-hydrogen) atoms. The smallest absolute Gasteiger partial charge is 0.252 e. The Labute approximate surface area is 191 Å². The average molecular weight is 524 g/mol. The Hall–Kier alpha value is -0.480.